The zero-order chi connectivity index (χ0) is 11.7. The summed E-state index contributed by atoms with van der Waals surface area (Å²) in [5.74, 6) is -0.291. The average Bonchev–Trinajstić information content (AvgIpc) is 2.22. The molecule has 4 heteroatoms. The average molecular weight is 230 g/mol. The third-order valence-electron chi connectivity index (χ3n) is 2.11. The number of ether oxygens (including phenoxy) is 1. The van der Waals surface area contributed by atoms with Crippen molar-refractivity contribution in [3.8, 4) is 0 Å². The quantitative estimate of drug-likeness (QED) is 0.278. The van der Waals surface area contributed by atoms with Gasteiger partial charge in [-0.3, -0.25) is 0 Å². The number of esters is 1. The highest BCUT2D eigenvalue weighted by Crippen LogP contribution is 2.05. The van der Waals surface area contributed by atoms with E-state index in [1.807, 2.05) is 6.92 Å². The van der Waals surface area contributed by atoms with Crippen molar-refractivity contribution in [2.24, 2.45) is 0 Å². The van der Waals surface area contributed by atoms with Gasteiger partial charge in [0.2, 0.25) is 0 Å². The molecule has 0 heterocycles. The van der Waals surface area contributed by atoms with Crippen molar-refractivity contribution in [2.75, 3.05) is 13.2 Å². The molecule has 0 radical (unpaired) electrons. The molecule has 0 aliphatic carbocycles. The van der Waals surface area contributed by atoms with Gasteiger partial charge < -0.3 is 9.16 Å². The Morgan fingerprint density at radius 2 is 2.07 bits per heavy atom. The van der Waals surface area contributed by atoms with Crippen molar-refractivity contribution in [2.45, 2.75) is 39.3 Å². The standard InChI is InChI=1S/C11H22O3Si/c1-5-14-15(6-2)9-7-8-13-11(12)10(3)4/h15H,3,5-9H2,1-2,4H3. The van der Waals surface area contributed by atoms with Crippen molar-refractivity contribution in [3.63, 3.8) is 0 Å². The Morgan fingerprint density at radius 3 is 2.53 bits per heavy atom. The lowest BCUT2D eigenvalue weighted by molar-refractivity contribution is -0.138. The van der Waals surface area contributed by atoms with Crippen LogP contribution in [0, 0.1) is 0 Å². The highest BCUT2D eigenvalue weighted by Gasteiger charge is 2.09. The van der Waals surface area contributed by atoms with Crippen LogP contribution >= 0.6 is 0 Å². The summed E-state index contributed by atoms with van der Waals surface area (Å²) in [6, 6.07) is 2.22. The molecule has 0 aromatic heterocycles. The Hall–Kier alpha value is -0.613. The molecule has 0 rings (SSSR count). The lowest BCUT2D eigenvalue weighted by Crippen LogP contribution is -2.17. The van der Waals surface area contributed by atoms with Crippen LogP contribution in [0.1, 0.15) is 27.2 Å². The summed E-state index contributed by atoms with van der Waals surface area (Å²) in [5.41, 5.74) is 0.462. The van der Waals surface area contributed by atoms with Gasteiger partial charge in [-0.25, -0.2) is 4.79 Å². The second-order valence-corrected chi connectivity index (χ2v) is 6.52. The molecule has 88 valence electrons. The third kappa shape index (κ3) is 7.33. The van der Waals surface area contributed by atoms with Crippen molar-refractivity contribution in [1.29, 1.82) is 0 Å². The lowest BCUT2D eigenvalue weighted by Gasteiger charge is -2.12. The van der Waals surface area contributed by atoms with E-state index in [0.717, 1.165) is 25.1 Å². The molecule has 0 aliphatic rings. The Morgan fingerprint density at radius 1 is 1.40 bits per heavy atom. The first-order valence-corrected chi connectivity index (χ1v) is 7.66. The van der Waals surface area contributed by atoms with Gasteiger partial charge >= 0.3 is 5.97 Å². The topological polar surface area (TPSA) is 35.5 Å². The minimum Gasteiger partial charge on any atom is -0.462 e. The first-order chi connectivity index (χ1) is 7.11. The van der Waals surface area contributed by atoms with Crippen LogP contribution in [0.4, 0.5) is 0 Å². The number of carbonyl (C=O) groups excluding carboxylic acids is 1. The van der Waals surface area contributed by atoms with E-state index in [-0.39, 0.29) is 5.97 Å². The first kappa shape index (κ1) is 14.4. The van der Waals surface area contributed by atoms with E-state index < -0.39 is 9.04 Å². The Labute approximate surface area is 94.2 Å². The van der Waals surface area contributed by atoms with Gasteiger partial charge in [-0.1, -0.05) is 13.5 Å². The fourth-order valence-electron chi connectivity index (χ4n) is 1.24. The fourth-order valence-corrected chi connectivity index (χ4v) is 3.14. The molecular weight excluding hydrogens is 208 g/mol. The largest absolute Gasteiger partial charge is 0.462 e. The number of hydrogen-bond acceptors (Lipinski definition) is 3. The van der Waals surface area contributed by atoms with Gasteiger partial charge in [0.15, 0.2) is 9.04 Å². The van der Waals surface area contributed by atoms with E-state index in [4.69, 9.17) is 9.16 Å². The molecule has 0 saturated carbocycles. The predicted molar refractivity (Wildman–Crippen MR) is 64.5 cm³/mol. The maximum Gasteiger partial charge on any atom is 0.333 e. The van der Waals surface area contributed by atoms with Gasteiger partial charge in [-0.2, -0.15) is 0 Å². The number of hydrogen-bond donors (Lipinski definition) is 0. The maximum atomic E-state index is 11.0. The van der Waals surface area contributed by atoms with Crippen LogP contribution in [-0.4, -0.2) is 28.2 Å². The summed E-state index contributed by atoms with van der Waals surface area (Å²) in [5, 5.41) is 0. The molecule has 0 bridgehead atoms. The van der Waals surface area contributed by atoms with E-state index in [1.165, 1.54) is 0 Å². The molecule has 0 N–H and O–H groups in total. The smallest absolute Gasteiger partial charge is 0.333 e. The van der Waals surface area contributed by atoms with Crippen LogP contribution in [-0.2, 0) is 14.0 Å². The summed E-state index contributed by atoms with van der Waals surface area (Å²) < 4.78 is 10.6. The van der Waals surface area contributed by atoms with Crippen molar-refractivity contribution in [1.82, 2.24) is 0 Å². The minimum atomic E-state index is -1.01. The van der Waals surface area contributed by atoms with Crippen LogP contribution in [0.5, 0.6) is 0 Å². The van der Waals surface area contributed by atoms with E-state index >= 15 is 0 Å². The summed E-state index contributed by atoms with van der Waals surface area (Å²) in [6.07, 6.45) is 0.906. The van der Waals surface area contributed by atoms with Gasteiger partial charge in [0, 0.05) is 12.2 Å². The van der Waals surface area contributed by atoms with Crippen LogP contribution in [0.25, 0.3) is 0 Å². The van der Waals surface area contributed by atoms with Gasteiger partial charge in [-0.05, 0) is 32.4 Å². The van der Waals surface area contributed by atoms with Gasteiger partial charge in [-0.15, -0.1) is 0 Å². The van der Waals surface area contributed by atoms with Gasteiger partial charge in [0.1, 0.15) is 0 Å². The molecule has 0 aromatic carbocycles. The molecule has 1 atom stereocenters. The maximum absolute atomic E-state index is 11.0. The molecule has 15 heavy (non-hydrogen) atoms. The monoisotopic (exact) mass is 230 g/mol. The molecule has 0 amide bonds. The van der Waals surface area contributed by atoms with Gasteiger partial charge in [0.25, 0.3) is 0 Å². The lowest BCUT2D eigenvalue weighted by atomic mass is 10.4. The predicted octanol–water partition coefficient (Wildman–Crippen LogP) is 2.28. The Balaban J connectivity index is 3.52. The summed E-state index contributed by atoms with van der Waals surface area (Å²) >= 11 is 0. The molecule has 3 nitrogen and oxygen atoms in total. The van der Waals surface area contributed by atoms with E-state index in [1.54, 1.807) is 6.92 Å². The molecule has 0 aliphatic heterocycles. The van der Waals surface area contributed by atoms with Crippen molar-refractivity contribution in [3.05, 3.63) is 12.2 Å². The molecule has 0 saturated heterocycles. The van der Waals surface area contributed by atoms with Gasteiger partial charge in [0.05, 0.1) is 6.61 Å². The number of rotatable bonds is 8. The molecule has 0 fully saturated rings. The fraction of sp³-hybridized carbons (Fsp3) is 0.727. The molecule has 0 spiro atoms. The highest BCUT2D eigenvalue weighted by molar-refractivity contribution is 6.51. The third-order valence-corrected chi connectivity index (χ3v) is 4.88. The van der Waals surface area contributed by atoms with E-state index in [0.29, 0.717) is 12.2 Å². The first-order valence-electron chi connectivity index (χ1n) is 5.56. The SMILES string of the molecule is C=C(C)C(=O)OCCC[SiH](CC)OCC. The minimum absolute atomic E-state index is 0.291. The Kier molecular flexibility index (Phi) is 8.32. The van der Waals surface area contributed by atoms with E-state index in [2.05, 4.69) is 13.5 Å². The van der Waals surface area contributed by atoms with Crippen LogP contribution in [0.3, 0.4) is 0 Å². The number of carbonyl (C=O) groups is 1. The van der Waals surface area contributed by atoms with Crippen molar-refractivity contribution < 1.29 is 14.0 Å². The molecular formula is C11H22O3Si. The van der Waals surface area contributed by atoms with Crippen LogP contribution in [0.15, 0.2) is 12.2 Å². The molecule has 1 unspecified atom stereocenters. The summed E-state index contributed by atoms with van der Waals surface area (Å²) in [4.78, 5) is 11.0. The summed E-state index contributed by atoms with van der Waals surface area (Å²) in [7, 11) is -1.01. The van der Waals surface area contributed by atoms with Crippen LogP contribution in [0.2, 0.25) is 12.1 Å². The highest BCUT2D eigenvalue weighted by atomic mass is 28.3. The van der Waals surface area contributed by atoms with Crippen molar-refractivity contribution >= 4 is 15.0 Å². The van der Waals surface area contributed by atoms with Crippen LogP contribution < -0.4 is 0 Å². The zero-order valence-electron chi connectivity index (χ0n) is 10.0. The zero-order valence-corrected chi connectivity index (χ0v) is 11.2. The second-order valence-electron chi connectivity index (χ2n) is 3.54. The summed E-state index contributed by atoms with van der Waals surface area (Å²) in [6.45, 7) is 10.7. The second kappa shape index (κ2) is 8.68. The normalized spacial score (nSPS) is 12.2. The molecule has 0 aromatic rings. The van der Waals surface area contributed by atoms with E-state index in [9.17, 15) is 4.79 Å². The Bertz CT molecular complexity index is 204.